The Balaban J connectivity index is 1.70. The number of hydrogen-bond donors (Lipinski definition) is 1. The first kappa shape index (κ1) is 14.0. The molecule has 0 bridgehead atoms. The van der Waals surface area contributed by atoms with Gasteiger partial charge in [0.2, 0.25) is 0 Å². The van der Waals surface area contributed by atoms with Crippen LogP contribution in [0.25, 0.3) is 0 Å². The molecule has 2 aliphatic rings. The summed E-state index contributed by atoms with van der Waals surface area (Å²) in [6.45, 7) is 3.81. The van der Waals surface area contributed by atoms with Gasteiger partial charge in [0.1, 0.15) is 0 Å². The predicted molar refractivity (Wildman–Crippen MR) is 75.5 cm³/mol. The second-order valence-corrected chi connectivity index (χ2v) is 6.23. The fourth-order valence-corrected chi connectivity index (χ4v) is 3.64. The molecule has 0 aromatic heterocycles. The first-order valence-corrected chi connectivity index (χ1v) is 7.58. The summed E-state index contributed by atoms with van der Waals surface area (Å²) in [5.74, 6) is -1.51. The van der Waals surface area contributed by atoms with Crippen LogP contribution in [-0.2, 0) is 6.54 Å². The molecule has 1 saturated carbocycles. The van der Waals surface area contributed by atoms with E-state index in [-0.39, 0.29) is 5.54 Å². The third kappa shape index (κ3) is 3.01. The van der Waals surface area contributed by atoms with Gasteiger partial charge in [-0.2, -0.15) is 0 Å². The molecular formula is C16H22F2N2. The Morgan fingerprint density at radius 2 is 1.90 bits per heavy atom. The topological polar surface area (TPSA) is 15.3 Å². The van der Waals surface area contributed by atoms with Gasteiger partial charge < -0.3 is 5.32 Å². The van der Waals surface area contributed by atoms with Gasteiger partial charge in [-0.15, -0.1) is 0 Å². The van der Waals surface area contributed by atoms with E-state index in [1.165, 1.54) is 37.8 Å². The van der Waals surface area contributed by atoms with E-state index in [0.29, 0.717) is 6.54 Å². The van der Waals surface area contributed by atoms with E-state index in [9.17, 15) is 8.78 Å². The summed E-state index contributed by atoms with van der Waals surface area (Å²) in [7, 11) is 0. The molecule has 0 atom stereocenters. The molecular weight excluding hydrogens is 258 g/mol. The first-order valence-electron chi connectivity index (χ1n) is 7.58. The van der Waals surface area contributed by atoms with Crippen LogP contribution < -0.4 is 5.32 Å². The third-order valence-corrected chi connectivity index (χ3v) is 4.63. The Hall–Kier alpha value is -1.00. The molecule has 1 N–H and O–H groups in total. The highest BCUT2D eigenvalue weighted by Gasteiger charge is 2.36. The number of rotatable bonds is 2. The van der Waals surface area contributed by atoms with Gasteiger partial charge in [-0.1, -0.05) is 18.9 Å². The molecule has 1 aromatic rings. The zero-order chi connectivity index (χ0) is 14.0. The Bertz CT molecular complexity index is 470. The molecule has 2 fully saturated rings. The maximum atomic E-state index is 13.3. The van der Waals surface area contributed by atoms with Crippen molar-refractivity contribution in [3.05, 3.63) is 35.4 Å². The van der Waals surface area contributed by atoms with Crippen molar-refractivity contribution in [1.82, 2.24) is 10.2 Å². The maximum Gasteiger partial charge on any atom is 0.159 e. The molecule has 20 heavy (non-hydrogen) atoms. The predicted octanol–water partition coefficient (Wildman–Crippen LogP) is 3.07. The highest BCUT2D eigenvalue weighted by Crippen LogP contribution is 2.32. The summed E-state index contributed by atoms with van der Waals surface area (Å²) < 4.78 is 26.3. The summed E-state index contributed by atoms with van der Waals surface area (Å²) in [6.07, 6.45) is 6.19. The molecule has 0 unspecified atom stereocenters. The molecule has 4 heteroatoms. The summed E-state index contributed by atoms with van der Waals surface area (Å²) in [5, 5.41) is 3.72. The fraction of sp³-hybridized carbons (Fsp3) is 0.625. The lowest BCUT2D eigenvalue weighted by Gasteiger charge is -2.33. The van der Waals surface area contributed by atoms with Gasteiger partial charge in [0, 0.05) is 18.6 Å². The van der Waals surface area contributed by atoms with E-state index >= 15 is 0 Å². The number of hydrogen-bond acceptors (Lipinski definition) is 2. The second kappa shape index (κ2) is 5.78. The molecule has 110 valence electrons. The minimum atomic E-state index is -0.765. The van der Waals surface area contributed by atoms with E-state index < -0.39 is 11.6 Å². The minimum absolute atomic E-state index is 0.259. The van der Waals surface area contributed by atoms with E-state index in [1.54, 1.807) is 6.07 Å². The van der Waals surface area contributed by atoms with Crippen LogP contribution in [0.4, 0.5) is 8.78 Å². The van der Waals surface area contributed by atoms with Gasteiger partial charge in [-0.05, 0) is 50.0 Å². The standard InChI is InChI=1S/C16H22F2N2/c17-14-5-4-13(10-15(14)18)11-20-9-3-8-19-16(12-20)6-1-2-7-16/h4-5,10,19H,1-3,6-9,11-12H2. The van der Waals surface area contributed by atoms with Gasteiger partial charge in [-0.3, -0.25) is 4.90 Å². The van der Waals surface area contributed by atoms with Crippen molar-refractivity contribution in [2.45, 2.75) is 44.2 Å². The van der Waals surface area contributed by atoms with Crippen molar-refractivity contribution in [2.75, 3.05) is 19.6 Å². The largest absolute Gasteiger partial charge is 0.310 e. The van der Waals surface area contributed by atoms with E-state index in [1.807, 2.05) is 0 Å². The maximum absolute atomic E-state index is 13.3. The van der Waals surface area contributed by atoms with Gasteiger partial charge in [0.25, 0.3) is 0 Å². The van der Waals surface area contributed by atoms with Crippen molar-refractivity contribution in [3.8, 4) is 0 Å². The number of halogens is 2. The smallest absolute Gasteiger partial charge is 0.159 e. The molecule has 1 aromatic carbocycles. The van der Waals surface area contributed by atoms with Crippen LogP contribution >= 0.6 is 0 Å². The normalized spacial score (nSPS) is 23.1. The summed E-state index contributed by atoms with van der Waals surface area (Å²) in [5.41, 5.74) is 1.12. The van der Waals surface area contributed by atoms with Crippen LogP contribution in [-0.4, -0.2) is 30.1 Å². The van der Waals surface area contributed by atoms with E-state index in [2.05, 4.69) is 10.2 Å². The minimum Gasteiger partial charge on any atom is -0.310 e. The Morgan fingerprint density at radius 3 is 2.65 bits per heavy atom. The quantitative estimate of drug-likeness (QED) is 0.895. The summed E-state index contributed by atoms with van der Waals surface area (Å²) in [4.78, 5) is 2.39. The molecule has 1 aliphatic heterocycles. The molecule has 1 spiro atoms. The highest BCUT2D eigenvalue weighted by atomic mass is 19.2. The lowest BCUT2D eigenvalue weighted by atomic mass is 9.97. The fourth-order valence-electron chi connectivity index (χ4n) is 3.64. The van der Waals surface area contributed by atoms with Crippen molar-refractivity contribution in [3.63, 3.8) is 0 Å². The monoisotopic (exact) mass is 280 g/mol. The Morgan fingerprint density at radius 1 is 1.10 bits per heavy atom. The molecule has 0 amide bonds. The van der Waals surface area contributed by atoms with Gasteiger partial charge in [-0.25, -0.2) is 8.78 Å². The van der Waals surface area contributed by atoms with E-state index in [4.69, 9.17) is 0 Å². The van der Waals surface area contributed by atoms with Gasteiger partial charge in [0.05, 0.1) is 0 Å². The van der Waals surface area contributed by atoms with Crippen LogP contribution in [0.5, 0.6) is 0 Å². The van der Waals surface area contributed by atoms with Crippen molar-refractivity contribution in [2.24, 2.45) is 0 Å². The summed E-state index contributed by atoms with van der Waals surface area (Å²) >= 11 is 0. The van der Waals surface area contributed by atoms with Crippen LogP contribution in [0.15, 0.2) is 18.2 Å². The van der Waals surface area contributed by atoms with Gasteiger partial charge >= 0.3 is 0 Å². The zero-order valence-corrected chi connectivity index (χ0v) is 11.8. The molecule has 3 rings (SSSR count). The molecule has 1 aliphatic carbocycles. The third-order valence-electron chi connectivity index (χ3n) is 4.63. The van der Waals surface area contributed by atoms with E-state index in [0.717, 1.165) is 31.6 Å². The number of nitrogens with zero attached hydrogens (tertiary/aromatic N) is 1. The lowest BCUT2D eigenvalue weighted by Crippen LogP contribution is -2.49. The zero-order valence-electron chi connectivity index (χ0n) is 11.8. The van der Waals surface area contributed by atoms with Crippen LogP contribution in [0, 0.1) is 11.6 Å². The second-order valence-electron chi connectivity index (χ2n) is 6.23. The molecule has 2 nitrogen and oxygen atoms in total. The van der Waals surface area contributed by atoms with Crippen LogP contribution in [0.2, 0.25) is 0 Å². The van der Waals surface area contributed by atoms with Crippen molar-refractivity contribution in [1.29, 1.82) is 0 Å². The Labute approximate surface area is 119 Å². The average Bonchev–Trinajstić information content (AvgIpc) is 2.77. The summed E-state index contributed by atoms with van der Waals surface area (Å²) in [6, 6.07) is 4.25. The number of nitrogens with one attached hydrogen (secondary N) is 1. The first-order chi connectivity index (χ1) is 9.67. The van der Waals surface area contributed by atoms with Crippen LogP contribution in [0.3, 0.4) is 0 Å². The van der Waals surface area contributed by atoms with Crippen molar-refractivity contribution < 1.29 is 8.78 Å². The van der Waals surface area contributed by atoms with Crippen molar-refractivity contribution >= 4 is 0 Å². The number of benzene rings is 1. The highest BCUT2D eigenvalue weighted by molar-refractivity contribution is 5.18. The van der Waals surface area contributed by atoms with Crippen LogP contribution in [0.1, 0.15) is 37.7 Å². The molecule has 1 heterocycles. The SMILES string of the molecule is Fc1ccc(CN2CCCNC3(CCCC3)C2)cc1F. The molecule has 1 saturated heterocycles. The molecule has 0 radical (unpaired) electrons. The van der Waals surface area contributed by atoms with Gasteiger partial charge in [0.15, 0.2) is 11.6 Å². The lowest BCUT2D eigenvalue weighted by molar-refractivity contribution is 0.203. The Kier molecular flexibility index (Phi) is 4.03. The average molecular weight is 280 g/mol.